The Kier molecular flexibility index (Phi) is 5.91. The van der Waals surface area contributed by atoms with Crippen molar-refractivity contribution in [3.63, 3.8) is 0 Å². The summed E-state index contributed by atoms with van der Waals surface area (Å²) in [5.41, 5.74) is 1.09. The minimum atomic E-state index is 0.122. The van der Waals surface area contributed by atoms with Crippen molar-refractivity contribution in [2.75, 3.05) is 38.3 Å². The molecule has 4 heteroatoms. The largest absolute Gasteiger partial charge is 0.497 e. The van der Waals surface area contributed by atoms with E-state index in [9.17, 15) is 5.11 Å². The zero-order chi connectivity index (χ0) is 14.9. The highest BCUT2D eigenvalue weighted by Crippen LogP contribution is 2.17. The van der Waals surface area contributed by atoms with E-state index in [-0.39, 0.29) is 6.61 Å². The number of benzene rings is 2. The number of hydrogen-bond donors (Lipinski definition) is 1. The van der Waals surface area contributed by atoms with Crippen LogP contribution in [0, 0.1) is 0 Å². The van der Waals surface area contributed by atoms with Gasteiger partial charge in [-0.2, -0.15) is 0 Å². The summed E-state index contributed by atoms with van der Waals surface area (Å²) in [6.45, 7) is 1.99. The number of nitrogens with zero attached hydrogens (tertiary/aromatic N) is 1. The fourth-order valence-electron chi connectivity index (χ4n) is 2.08. The summed E-state index contributed by atoms with van der Waals surface area (Å²) < 4.78 is 10.8. The predicted molar refractivity (Wildman–Crippen MR) is 84.2 cm³/mol. The molecule has 0 unspecified atom stereocenters. The molecule has 0 saturated heterocycles. The number of anilines is 1. The summed E-state index contributed by atoms with van der Waals surface area (Å²) in [4.78, 5) is 2.10. The Morgan fingerprint density at radius 1 is 0.905 bits per heavy atom. The topological polar surface area (TPSA) is 41.9 Å². The molecule has 2 aromatic carbocycles. The monoisotopic (exact) mass is 287 g/mol. The molecule has 0 fully saturated rings. The molecule has 1 N–H and O–H groups in total. The van der Waals surface area contributed by atoms with Crippen LogP contribution in [-0.4, -0.2) is 38.5 Å². The minimum absolute atomic E-state index is 0.122. The van der Waals surface area contributed by atoms with E-state index in [1.165, 1.54) is 0 Å². The van der Waals surface area contributed by atoms with Gasteiger partial charge in [-0.15, -0.1) is 0 Å². The van der Waals surface area contributed by atoms with Crippen molar-refractivity contribution >= 4 is 5.69 Å². The maximum absolute atomic E-state index is 9.18. The van der Waals surface area contributed by atoms with Crippen LogP contribution in [0.25, 0.3) is 0 Å². The smallest absolute Gasteiger partial charge is 0.119 e. The van der Waals surface area contributed by atoms with E-state index in [2.05, 4.69) is 4.90 Å². The van der Waals surface area contributed by atoms with Crippen LogP contribution in [0.1, 0.15) is 0 Å². The first kappa shape index (κ1) is 15.2. The van der Waals surface area contributed by atoms with Gasteiger partial charge in [0.05, 0.1) is 20.3 Å². The zero-order valence-electron chi connectivity index (χ0n) is 12.2. The molecule has 0 atom stereocenters. The normalized spacial score (nSPS) is 10.2. The van der Waals surface area contributed by atoms with Gasteiger partial charge in [-0.25, -0.2) is 0 Å². The molecule has 0 aliphatic carbocycles. The van der Waals surface area contributed by atoms with Crippen molar-refractivity contribution < 1.29 is 14.6 Å². The van der Waals surface area contributed by atoms with Crippen LogP contribution in [0.3, 0.4) is 0 Å². The summed E-state index contributed by atoms with van der Waals surface area (Å²) in [7, 11) is 1.64. The lowest BCUT2D eigenvalue weighted by Crippen LogP contribution is -2.31. The van der Waals surface area contributed by atoms with Crippen LogP contribution in [-0.2, 0) is 0 Å². The lowest BCUT2D eigenvalue weighted by Gasteiger charge is -2.23. The number of aliphatic hydroxyl groups is 1. The first-order valence-corrected chi connectivity index (χ1v) is 7.01. The summed E-state index contributed by atoms with van der Waals surface area (Å²) in [5, 5.41) is 9.18. The Bertz CT molecular complexity index is 513. The van der Waals surface area contributed by atoms with Gasteiger partial charge in [0.1, 0.15) is 18.1 Å². The average molecular weight is 287 g/mol. The third-order valence-electron chi connectivity index (χ3n) is 3.18. The maximum Gasteiger partial charge on any atom is 0.119 e. The van der Waals surface area contributed by atoms with Crippen LogP contribution in [0.5, 0.6) is 11.5 Å². The molecule has 0 amide bonds. The van der Waals surface area contributed by atoms with Crippen LogP contribution < -0.4 is 14.4 Å². The second-order valence-electron chi connectivity index (χ2n) is 4.57. The molecule has 2 aromatic rings. The summed E-state index contributed by atoms with van der Waals surface area (Å²) in [6, 6.07) is 17.5. The zero-order valence-corrected chi connectivity index (χ0v) is 12.2. The maximum atomic E-state index is 9.18. The fraction of sp³-hybridized carbons (Fsp3) is 0.294. The number of aliphatic hydroxyl groups excluding tert-OH is 1. The molecule has 0 aromatic heterocycles. The van der Waals surface area contributed by atoms with Crippen molar-refractivity contribution in [3.05, 3.63) is 54.6 Å². The molecular weight excluding hydrogens is 266 g/mol. The van der Waals surface area contributed by atoms with Gasteiger partial charge in [0.25, 0.3) is 0 Å². The van der Waals surface area contributed by atoms with E-state index < -0.39 is 0 Å². The standard InChI is InChI=1S/C17H21NO3/c1-20-16-7-9-17(10-8-16)21-14-12-18(11-13-19)15-5-3-2-4-6-15/h2-10,19H,11-14H2,1H3. The average Bonchev–Trinajstić information content (AvgIpc) is 2.55. The third kappa shape index (κ3) is 4.68. The lowest BCUT2D eigenvalue weighted by atomic mass is 10.3. The van der Waals surface area contributed by atoms with Crippen molar-refractivity contribution in [1.82, 2.24) is 0 Å². The molecule has 0 aliphatic heterocycles. The predicted octanol–water partition coefficient (Wildman–Crippen LogP) is 2.57. The quantitative estimate of drug-likeness (QED) is 0.810. The number of rotatable bonds is 8. The number of para-hydroxylation sites is 1. The van der Waals surface area contributed by atoms with E-state index in [0.717, 1.165) is 23.7 Å². The lowest BCUT2D eigenvalue weighted by molar-refractivity contribution is 0.289. The van der Waals surface area contributed by atoms with Gasteiger partial charge in [-0.1, -0.05) is 18.2 Å². The molecule has 0 saturated carbocycles. The third-order valence-corrected chi connectivity index (χ3v) is 3.18. The summed E-state index contributed by atoms with van der Waals surface area (Å²) in [5.74, 6) is 1.63. The van der Waals surface area contributed by atoms with Gasteiger partial charge in [0.15, 0.2) is 0 Å². The highest BCUT2D eigenvalue weighted by Gasteiger charge is 2.05. The number of hydrogen-bond acceptors (Lipinski definition) is 4. The van der Waals surface area contributed by atoms with E-state index in [4.69, 9.17) is 9.47 Å². The highest BCUT2D eigenvalue weighted by atomic mass is 16.5. The van der Waals surface area contributed by atoms with Crippen LogP contribution in [0.15, 0.2) is 54.6 Å². The van der Waals surface area contributed by atoms with Crippen molar-refractivity contribution in [1.29, 1.82) is 0 Å². The molecule has 112 valence electrons. The second-order valence-corrected chi connectivity index (χ2v) is 4.57. The van der Waals surface area contributed by atoms with Crippen molar-refractivity contribution in [3.8, 4) is 11.5 Å². The SMILES string of the molecule is COc1ccc(OCCN(CCO)c2ccccc2)cc1. The first-order chi connectivity index (χ1) is 10.3. The molecule has 0 heterocycles. The fourth-order valence-corrected chi connectivity index (χ4v) is 2.08. The molecule has 4 nitrogen and oxygen atoms in total. The van der Waals surface area contributed by atoms with Gasteiger partial charge in [-0.05, 0) is 36.4 Å². The second kappa shape index (κ2) is 8.17. The van der Waals surface area contributed by atoms with Gasteiger partial charge in [-0.3, -0.25) is 0 Å². The van der Waals surface area contributed by atoms with Crippen molar-refractivity contribution in [2.45, 2.75) is 0 Å². The molecule has 0 spiro atoms. The van der Waals surface area contributed by atoms with Crippen LogP contribution in [0.4, 0.5) is 5.69 Å². The highest BCUT2D eigenvalue weighted by molar-refractivity contribution is 5.45. The Morgan fingerprint density at radius 2 is 1.57 bits per heavy atom. The number of ether oxygens (including phenoxy) is 2. The summed E-state index contributed by atoms with van der Waals surface area (Å²) >= 11 is 0. The molecule has 0 radical (unpaired) electrons. The Balaban J connectivity index is 1.87. The molecule has 21 heavy (non-hydrogen) atoms. The van der Waals surface area contributed by atoms with Gasteiger partial charge in [0, 0.05) is 12.2 Å². The Labute approximate surface area is 125 Å². The van der Waals surface area contributed by atoms with E-state index >= 15 is 0 Å². The van der Waals surface area contributed by atoms with E-state index in [0.29, 0.717) is 13.2 Å². The van der Waals surface area contributed by atoms with Gasteiger partial charge in [0.2, 0.25) is 0 Å². The summed E-state index contributed by atoms with van der Waals surface area (Å²) in [6.07, 6.45) is 0. The van der Waals surface area contributed by atoms with Gasteiger partial charge < -0.3 is 19.5 Å². The van der Waals surface area contributed by atoms with E-state index in [1.54, 1.807) is 7.11 Å². The first-order valence-electron chi connectivity index (χ1n) is 7.01. The van der Waals surface area contributed by atoms with E-state index in [1.807, 2.05) is 54.6 Å². The Morgan fingerprint density at radius 3 is 2.19 bits per heavy atom. The van der Waals surface area contributed by atoms with Crippen LogP contribution >= 0.6 is 0 Å². The molecule has 0 aliphatic rings. The molecule has 2 rings (SSSR count). The van der Waals surface area contributed by atoms with Gasteiger partial charge >= 0.3 is 0 Å². The Hall–Kier alpha value is -2.20. The molecular formula is C17H21NO3. The van der Waals surface area contributed by atoms with Crippen molar-refractivity contribution in [2.24, 2.45) is 0 Å². The van der Waals surface area contributed by atoms with Crippen LogP contribution in [0.2, 0.25) is 0 Å². The molecule has 0 bridgehead atoms. The minimum Gasteiger partial charge on any atom is -0.497 e. The number of methoxy groups -OCH3 is 1.